The molecule has 0 aliphatic carbocycles. The van der Waals surface area contributed by atoms with Crippen LogP contribution in [-0.2, 0) is 16.1 Å². The van der Waals surface area contributed by atoms with Crippen LogP contribution in [0.25, 0.3) is 0 Å². The highest BCUT2D eigenvalue weighted by Crippen LogP contribution is 2.34. The molecule has 23 heavy (non-hydrogen) atoms. The quantitative estimate of drug-likeness (QED) is 0.537. The molecular formula is C16H20N2O5. The number of carbonyl (C=O) groups is 1. The van der Waals surface area contributed by atoms with Gasteiger partial charge in [0.05, 0.1) is 40.6 Å². The van der Waals surface area contributed by atoms with E-state index in [1.54, 1.807) is 19.1 Å². The van der Waals surface area contributed by atoms with E-state index in [0.717, 1.165) is 5.56 Å². The van der Waals surface area contributed by atoms with Gasteiger partial charge in [0, 0.05) is 17.8 Å². The van der Waals surface area contributed by atoms with E-state index in [-0.39, 0.29) is 13.2 Å². The predicted molar refractivity (Wildman–Crippen MR) is 84.0 cm³/mol. The highest BCUT2D eigenvalue weighted by molar-refractivity contribution is 5.92. The summed E-state index contributed by atoms with van der Waals surface area (Å²) in [6.07, 6.45) is 1.27. The number of methoxy groups -OCH3 is 3. The highest BCUT2D eigenvalue weighted by Gasteiger charge is 2.16. The molecule has 1 aromatic rings. The Labute approximate surface area is 135 Å². The van der Waals surface area contributed by atoms with Crippen molar-refractivity contribution in [3.63, 3.8) is 0 Å². The molecule has 1 aromatic carbocycles. The molecule has 0 aromatic heterocycles. The molecule has 7 heteroatoms. The van der Waals surface area contributed by atoms with Crippen LogP contribution < -0.4 is 14.2 Å². The van der Waals surface area contributed by atoms with Crippen molar-refractivity contribution in [2.75, 3.05) is 27.9 Å². The topological polar surface area (TPSA) is 90.1 Å². The molecular weight excluding hydrogens is 300 g/mol. The lowest BCUT2D eigenvalue weighted by Gasteiger charge is -2.13. The number of benzene rings is 1. The minimum atomic E-state index is -1.03. The summed E-state index contributed by atoms with van der Waals surface area (Å²) in [5, 5.41) is 8.97. The number of carbonyl (C=O) groups excluding carboxylic acids is 1. The molecule has 0 fully saturated rings. The van der Waals surface area contributed by atoms with Crippen LogP contribution >= 0.6 is 0 Å². The molecule has 0 spiro atoms. The second kappa shape index (κ2) is 9.30. The number of esters is 1. The average Bonchev–Trinajstić information content (AvgIpc) is 2.58. The van der Waals surface area contributed by atoms with Gasteiger partial charge < -0.3 is 18.9 Å². The molecule has 124 valence electrons. The number of nitrogens with zero attached hydrogens (tertiary/aromatic N) is 2. The summed E-state index contributed by atoms with van der Waals surface area (Å²) in [7, 11) is 4.60. The molecule has 0 N–H and O–H groups in total. The number of aliphatic imine (C=N–C) groups is 1. The first-order valence-corrected chi connectivity index (χ1v) is 6.96. The largest absolute Gasteiger partial charge is 0.496 e. The number of hydrogen-bond donors (Lipinski definition) is 0. The maximum Gasteiger partial charge on any atom is 0.328 e. The van der Waals surface area contributed by atoms with Crippen LogP contribution in [0, 0.1) is 17.2 Å². The molecule has 0 unspecified atom stereocenters. The molecule has 0 aliphatic rings. The molecule has 1 rings (SSSR count). The van der Waals surface area contributed by atoms with Crippen molar-refractivity contribution < 1.29 is 23.7 Å². The van der Waals surface area contributed by atoms with Gasteiger partial charge in [-0.25, -0.2) is 0 Å². The van der Waals surface area contributed by atoms with E-state index in [1.807, 2.05) is 6.07 Å². The third-order valence-electron chi connectivity index (χ3n) is 2.98. The summed E-state index contributed by atoms with van der Waals surface area (Å²) in [5.74, 6) is 0.0165. The zero-order valence-electron chi connectivity index (χ0n) is 13.7. The lowest BCUT2D eigenvalue weighted by molar-refractivity contribution is -0.143. The Hall–Kier alpha value is -2.75. The molecule has 0 saturated heterocycles. The zero-order chi connectivity index (χ0) is 17.2. The van der Waals surface area contributed by atoms with Gasteiger partial charge in [0.2, 0.25) is 0 Å². The van der Waals surface area contributed by atoms with Crippen LogP contribution in [0.1, 0.15) is 12.5 Å². The zero-order valence-corrected chi connectivity index (χ0v) is 13.7. The minimum Gasteiger partial charge on any atom is -0.496 e. The van der Waals surface area contributed by atoms with Gasteiger partial charge in [0.25, 0.3) is 0 Å². The maximum absolute atomic E-state index is 11.5. The molecule has 0 heterocycles. The lowest BCUT2D eigenvalue weighted by Crippen LogP contribution is -2.17. The van der Waals surface area contributed by atoms with Crippen molar-refractivity contribution in [1.82, 2.24) is 0 Å². The predicted octanol–water partition coefficient (Wildman–Crippen LogP) is 1.99. The van der Waals surface area contributed by atoms with Gasteiger partial charge in [-0.1, -0.05) is 0 Å². The van der Waals surface area contributed by atoms with E-state index < -0.39 is 11.9 Å². The summed E-state index contributed by atoms with van der Waals surface area (Å²) in [6, 6.07) is 5.27. The van der Waals surface area contributed by atoms with Crippen LogP contribution in [-0.4, -0.2) is 40.1 Å². The van der Waals surface area contributed by atoms with Crippen LogP contribution in [0.15, 0.2) is 17.1 Å². The Bertz CT molecular complexity index is 607. The fraction of sp³-hybridized carbons (Fsp3) is 0.438. The monoisotopic (exact) mass is 320 g/mol. The SMILES string of the molecule is CCOC(=O)[C@H](C#N)C=NCc1cc(OC)c(OC)cc1OC. The second-order valence-corrected chi connectivity index (χ2v) is 4.37. The highest BCUT2D eigenvalue weighted by atomic mass is 16.5. The summed E-state index contributed by atoms with van der Waals surface area (Å²) in [5.41, 5.74) is 0.738. The number of hydrogen-bond acceptors (Lipinski definition) is 7. The van der Waals surface area contributed by atoms with Gasteiger partial charge >= 0.3 is 5.97 Å². The summed E-state index contributed by atoms with van der Waals surface area (Å²) in [6.45, 7) is 2.12. The Balaban J connectivity index is 2.93. The first kappa shape index (κ1) is 18.3. The van der Waals surface area contributed by atoms with E-state index in [0.29, 0.717) is 17.2 Å². The van der Waals surface area contributed by atoms with Crippen molar-refractivity contribution >= 4 is 12.2 Å². The second-order valence-electron chi connectivity index (χ2n) is 4.37. The van der Waals surface area contributed by atoms with Gasteiger partial charge in [0.15, 0.2) is 17.4 Å². The molecule has 1 atom stereocenters. The van der Waals surface area contributed by atoms with Crippen molar-refractivity contribution in [2.45, 2.75) is 13.5 Å². The van der Waals surface area contributed by atoms with Gasteiger partial charge in [-0.2, -0.15) is 5.26 Å². The van der Waals surface area contributed by atoms with Gasteiger partial charge in [0.1, 0.15) is 5.75 Å². The molecule has 0 saturated carbocycles. The van der Waals surface area contributed by atoms with Crippen molar-refractivity contribution in [3.05, 3.63) is 17.7 Å². The molecule has 0 amide bonds. The van der Waals surface area contributed by atoms with E-state index in [9.17, 15) is 4.79 Å². The Morgan fingerprint density at radius 1 is 1.22 bits per heavy atom. The molecule has 0 radical (unpaired) electrons. The summed E-state index contributed by atoms with van der Waals surface area (Å²) in [4.78, 5) is 15.7. The number of ether oxygens (including phenoxy) is 4. The summed E-state index contributed by atoms with van der Waals surface area (Å²) < 4.78 is 20.5. The Morgan fingerprint density at radius 3 is 2.35 bits per heavy atom. The summed E-state index contributed by atoms with van der Waals surface area (Å²) >= 11 is 0. The maximum atomic E-state index is 11.5. The Kier molecular flexibility index (Phi) is 7.40. The Morgan fingerprint density at radius 2 is 1.83 bits per heavy atom. The first-order valence-electron chi connectivity index (χ1n) is 6.96. The van der Waals surface area contributed by atoms with E-state index >= 15 is 0 Å². The van der Waals surface area contributed by atoms with Crippen LogP contribution in [0.4, 0.5) is 0 Å². The molecule has 0 aliphatic heterocycles. The fourth-order valence-corrected chi connectivity index (χ4v) is 1.85. The standard InChI is InChI=1S/C16H20N2O5/c1-5-23-16(19)12(8-17)10-18-9-11-6-14(21-3)15(22-4)7-13(11)20-2/h6-7,10,12H,5,9H2,1-4H3/t12-/m1/s1. The van der Waals surface area contributed by atoms with Crippen LogP contribution in [0.2, 0.25) is 0 Å². The molecule has 0 bridgehead atoms. The normalized spacial score (nSPS) is 11.6. The van der Waals surface area contributed by atoms with E-state index in [4.69, 9.17) is 24.2 Å². The average molecular weight is 320 g/mol. The van der Waals surface area contributed by atoms with Gasteiger partial charge in [-0.3, -0.25) is 9.79 Å². The first-order chi connectivity index (χ1) is 11.1. The number of nitriles is 1. The minimum absolute atomic E-state index is 0.217. The van der Waals surface area contributed by atoms with Gasteiger partial charge in [-0.05, 0) is 13.0 Å². The van der Waals surface area contributed by atoms with Crippen molar-refractivity contribution in [1.29, 1.82) is 5.26 Å². The van der Waals surface area contributed by atoms with E-state index in [1.165, 1.54) is 27.5 Å². The molecule has 7 nitrogen and oxygen atoms in total. The van der Waals surface area contributed by atoms with Crippen LogP contribution in [0.3, 0.4) is 0 Å². The van der Waals surface area contributed by atoms with Crippen LogP contribution in [0.5, 0.6) is 17.2 Å². The van der Waals surface area contributed by atoms with Crippen molar-refractivity contribution in [2.24, 2.45) is 10.9 Å². The smallest absolute Gasteiger partial charge is 0.328 e. The third kappa shape index (κ3) is 4.88. The number of rotatable bonds is 8. The van der Waals surface area contributed by atoms with E-state index in [2.05, 4.69) is 4.99 Å². The third-order valence-corrected chi connectivity index (χ3v) is 2.98. The van der Waals surface area contributed by atoms with Gasteiger partial charge in [-0.15, -0.1) is 0 Å². The lowest BCUT2D eigenvalue weighted by atomic mass is 10.1. The fourth-order valence-electron chi connectivity index (χ4n) is 1.85. The van der Waals surface area contributed by atoms with Crippen molar-refractivity contribution in [3.8, 4) is 23.3 Å².